The second-order valence-electron chi connectivity index (χ2n) is 6.75. The molecule has 1 saturated heterocycles. The Balaban J connectivity index is 2.08. The van der Waals surface area contributed by atoms with Crippen molar-refractivity contribution in [3.63, 3.8) is 0 Å². The van der Waals surface area contributed by atoms with E-state index in [2.05, 4.69) is 5.32 Å². The molecule has 0 unspecified atom stereocenters. The van der Waals surface area contributed by atoms with Crippen molar-refractivity contribution in [2.75, 3.05) is 18.0 Å². The SMILES string of the molecule is Cn1c(=O)cc(N2CCC[C@@H](NC=O)C2)n(Cc2cc(F)ccc2C#N)c1=O. The minimum atomic E-state index is -0.555. The molecule has 8 nitrogen and oxygen atoms in total. The van der Waals surface area contributed by atoms with Gasteiger partial charge in [-0.15, -0.1) is 0 Å². The van der Waals surface area contributed by atoms with Crippen molar-refractivity contribution in [3.8, 4) is 6.07 Å². The van der Waals surface area contributed by atoms with Crippen LogP contribution in [-0.4, -0.2) is 34.7 Å². The van der Waals surface area contributed by atoms with Crippen molar-refractivity contribution in [1.82, 2.24) is 14.5 Å². The molecule has 2 heterocycles. The quantitative estimate of drug-likeness (QED) is 0.748. The van der Waals surface area contributed by atoms with Gasteiger partial charge in [0.1, 0.15) is 11.6 Å². The molecule has 9 heteroatoms. The van der Waals surface area contributed by atoms with Gasteiger partial charge in [-0.3, -0.25) is 18.7 Å². The Bertz CT molecular complexity index is 1050. The first kappa shape index (κ1) is 19.4. The van der Waals surface area contributed by atoms with Crippen LogP contribution in [-0.2, 0) is 18.4 Å². The molecule has 1 aromatic heterocycles. The van der Waals surface area contributed by atoms with E-state index in [1.54, 1.807) is 0 Å². The predicted octanol–water partition coefficient (Wildman–Crippen LogP) is 0.321. The van der Waals surface area contributed by atoms with Crippen LogP contribution in [0.2, 0.25) is 0 Å². The monoisotopic (exact) mass is 385 g/mol. The number of nitrogens with zero attached hydrogens (tertiary/aromatic N) is 4. The average Bonchev–Trinajstić information content (AvgIpc) is 2.69. The number of rotatable bonds is 5. The summed E-state index contributed by atoms with van der Waals surface area (Å²) < 4.78 is 16.1. The zero-order valence-electron chi connectivity index (χ0n) is 15.4. The summed E-state index contributed by atoms with van der Waals surface area (Å²) in [4.78, 5) is 37.7. The van der Waals surface area contributed by atoms with Gasteiger partial charge in [0.15, 0.2) is 0 Å². The van der Waals surface area contributed by atoms with Crippen LogP contribution < -0.4 is 21.5 Å². The molecule has 1 N–H and O–H groups in total. The van der Waals surface area contributed by atoms with Gasteiger partial charge in [-0.05, 0) is 36.6 Å². The maximum absolute atomic E-state index is 13.7. The van der Waals surface area contributed by atoms with Crippen molar-refractivity contribution >= 4 is 12.2 Å². The van der Waals surface area contributed by atoms with E-state index in [-0.39, 0.29) is 18.2 Å². The highest BCUT2D eigenvalue weighted by atomic mass is 19.1. The first-order valence-electron chi connectivity index (χ1n) is 8.88. The normalized spacial score (nSPS) is 16.5. The fourth-order valence-corrected chi connectivity index (χ4v) is 3.46. The molecule has 1 atom stereocenters. The van der Waals surface area contributed by atoms with Gasteiger partial charge in [0, 0.05) is 32.2 Å². The second-order valence-corrected chi connectivity index (χ2v) is 6.75. The highest BCUT2D eigenvalue weighted by Gasteiger charge is 2.23. The van der Waals surface area contributed by atoms with Gasteiger partial charge in [0.25, 0.3) is 5.56 Å². The van der Waals surface area contributed by atoms with Gasteiger partial charge < -0.3 is 10.2 Å². The molecule has 0 bridgehead atoms. The van der Waals surface area contributed by atoms with E-state index in [0.29, 0.717) is 30.9 Å². The second kappa shape index (κ2) is 8.08. The Hall–Kier alpha value is -3.41. The van der Waals surface area contributed by atoms with E-state index in [1.165, 1.54) is 35.9 Å². The van der Waals surface area contributed by atoms with E-state index in [9.17, 15) is 24.0 Å². The zero-order chi connectivity index (χ0) is 20.3. The van der Waals surface area contributed by atoms with Crippen molar-refractivity contribution in [2.24, 2.45) is 7.05 Å². The summed E-state index contributed by atoms with van der Waals surface area (Å²) >= 11 is 0. The molecule has 1 aliphatic heterocycles. The minimum absolute atomic E-state index is 0.0504. The summed E-state index contributed by atoms with van der Waals surface area (Å²) in [5, 5.41) is 12.0. The number of nitrogens with one attached hydrogen (secondary N) is 1. The predicted molar refractivity (Wildman–Crippen MR) is 101 cm³/mol. The van der Waals surface area contributed by atoms with Gasteiger partial charge in [-0.2, -0.15) is 5.26 Å². The third-order valence-corrected chi connectivity index (χ3v) is 4.94. The number of hydrogen-bond acceptors (Lipinski definition) is 5. The summed E-state index contributed by atoms with van der Waals surface area (Å²) in [6.07, 6.45) is 2.21. The summed E-state index contributed by atoms with van der Waals surface area (Å²) in [6.45, 7) is 1.00. The molecular formula is C19H20FN5O3. The fourth-order valence-electron chi connectivity index (χ4n) is 3.46. The maximum atomic E-state index is 13.7. The maximum Gasteiger partial charge on any atom is 0.332 e. The number of hydrogen-bond donors (Lipinski definition) is 1. The lowest BCUT2D eigenvalue weighted by molar-refractivity contribution is -0.110. The number of halogens is 1. The lowest BCUT2D eigenvalue weighted by atomic mass is 10.1. The lowest BCUT2D eigenvalue weighted by Gasteiger charge is -2.35. The van der Waals surface area contributed by atoms with Crippen molar-refractivity contribution < 1.29 is 9.18 Å². The van der Waals surface area contributed by atoms with Crippen molar-refractivity contribution in [2.45, 2.75) is 25.4 Å². The van der Waals surface area contributed by atoms with Crippen LogP contribution in [0.15, 0.2) is 33.9 Å². The van der Waals surface area contributed by atoms with E-state index < -0.39 is 17.1 Å². The Morgan fingerprint density at radius 2 is 2.14 bits per heavy atom. The van der Waals surface area contributed by atoms with Crippen LogP contribution in [0.25, 0.3) is 0 Å². The molecule has 0 saturated carbocycles. The highest BCUT2D eigenvalue weighted by molar-refractivity contribution is 5.48. The summed E-state index contributed by atoms with van der Waals surface area (Å²) in [7, 11) is 1.37. The van der Waals surface area contributed by atoms with Gasteiger partial charge in [-0.25, -0.2) is 9.18 Å². The fraction of sp³-hybridized carbons (Fsp3) is 0.368. The number of carbonyl (C=O) groups is 1. The molecule has 2 aromatic rings. The summed E-state index contributed by atoms with van der Waals surface area (Å²) in [5.41, 5.74) is -0.404. The molecule has 3 rings (SSSR count). The largest absolute Gasteiger partial charge is 0.356 e. The molecule has 0 spiro atoms. The third-order valence-electron chi connectivity index (χ3n) is 4.94. The van der Waals surface area contributed by atoms with Gasteiger partial charge in [-0.1, -0.05) is 0 Å². The van der Waals surface area contributed by atoms with E-state index in [4.69, 9.17) is 0 Å². The number of anilines is 1. The van der Waals surface area contributed by atoms with E-state index in [0.717, 1.165) is 17.4 Å². The Morgan fingerprint density at radius 3 is 2.86 bits per heavy atom. The molecule has 1 aromatic carbocycles. The van der Waals surface area contributed by atoms with E-state index >= 15 is 0 Å². The molecule has 0 radical (unpaired) electrons. The zero-order valence-corrected chi connectivity index (χ0v) is 15.4. The molecule has 1 fully saturated rings. The molecular weight excluding hydrogens is 365 g/mol. The molecule has 1 amide bonds. The first-order chi connectivity index (χ1) is 13.4. The molecule has 28 heavy (non-hydrogen) atoms. The third kappa shape index (κ3) is 3.81. The van der Waals surface area contributed by atoms with Gasteiger partial charge in [0.05, 0.1) is 18.2 Å². The highest BCUT2D eigenvalue weighted by Crippen LogP contribution is 2.20. The topological polar surface area (TPSA) is 100 Å². The van der Waals surface area contributed by atoms with Crippen LogP contribution in [0.3, 0.4) is 0 Å². The summed E-state index contributed by atoms with van der Waals surface area (Å²) in [6, 6.07) is 7.03. The number of aromatic nitrogens is 2. The molecule has 1 aliphatic rings. The van der Waals surface area contributed by atoms with E-state index in [1.807, 2.05) is 11.0 Å². The molecule has 0 aliphatic carbocycles. The minimum Gasteiger partial charge on any atom is -0.356 e. The Labute approximate surface area is 160 Å². The number of benzene rings is 1. The number of nitriles is 1. The Kier molecular flexibility index (Phi) is 5.59. The van der Waals surface area contributed by atoms with Crippen LogP contribution in [0, 0.1) is 17.1 Å². The first-order valence-corrected chi connectivity index (χ1v) is 8.88. The van der Waals surface area contributed by atoms with Crippen molar-refractivity contribution in [3.05, 3.63) is 62.0 Å². The lowest BCUT2D eigenvalue weighted by Crippen LogP contribution is -2.49. The van der Waals surface area contributed by atoms with Crippen LogP contribution in [0.1, 0.15) is 24.0 Å². The van der Waals surface area contributed by atoms with Crippen molar-refractivity contribution in [1.29, 1.82) is 5.26 Å². The smallest absolute Gasteiger partial charge is 0.332 e. The standard InChI is InChI=1S/C19H20FN5O3/c1-23-18(27)8-17(24-6-2-3-16(11-24)22-12-26)25(19(23)28)10-14-7-15(20)5-4-13(14)9-21/h4-5,7-8,12,16H,2-3,6,10-11H2,1H3,(H,22,26)/t16-/m1/s1. The van der Waals surface area contributed by atoms with Crippen LogP contribution in [0.4, 0.5) is 10.2 Å². The molecule has 146 valence electrons. The average molecular weight is 385 g/mol. The number of amides is 1. The number of piperidine rings is 1. The summed E-state index contributed by atoms with van der Waals surface area (Å²) in [5.74, 6) is -0.125. The van der Waals surface area contributed by atoms with Crippen LogP contribution in [0.5, 0.6) is 0 Å². The van der Waals surface area contributed by atoms with Crippen LogP contribution >= 0.6 is 0 Å². The van der Waals surface area contributed by atoms with Gasteiger partial charge >= 0.3 is 5.69 Å². The number of carbonyl (C=O) groups excluding carboxylic acids is 1. The Morgan fingerprint density at radius 1 is 1.36 bits per heavy atom. The van der Waals surface area contributed by atoms with Gasteiger partial charge in [0.2, 0.25) is 6.41 Å².